The molecule has 3 rings (SSSR count). The molecule has 8 nitrogen and oxygen atoms in total. The van der Waals surface area contributed by atoms with Gasteiger partial charge in [0.05, 0.1) is 6.54 Å². The summed E-state index contributed by atoms with van der Waals surface area (Å²) in [6, 6.07) is 1.13. The monoisotopic (exact) mass is 368 g/mol. The Morgan fingerprint density at radius 2 is 2.31 bits per heavy atom. The number of nitrogens with one attached hydrogen (secondary N) is 1. The molecule has 2 aromatic heterocycles. The summed E-state index contributed by atoms with van der Waals surface area (Å²) in [6.45, 7) is 4.58. The molecule has 0 aliphatic carbocycles. The van der Waals surface area contributed by atoms with Crippen LogP contribution in [0.5, 0.6) is 0 Å². The maximum absolute atomic E-state index is 12.7. The van der Waals surface area contributed by atoms with E-state index in [1.165, 1.54) is 11.7 Å². The van der Waals surface area contributed by atoms with Crippen molar-refractivity contribution in [3.8, 4) is 0 Å². The number of nitrogens with zero attached hydrogens (tertiary/aromatic N) is 5. The molecule has 1 saturated heterocycles. The zero-order chi connectivity index (χ0) is 18.7. The van der Waals surface area contributed by atoms with Crippen molar-refractivity contribution in [1.29, 1.82) is 0 Å². The molecule has 2 aromatic rings. The summed E-state index contributed by atoms with van der Waals surface area (Å²) in [5, 5.41) is 10.3. The predicted octanol–water partition coefficient (Wildman–Crippen LogP) is 1.69. The molecule has 1 unspecified atom stereocenters. The van der Waals surface area contributed by atoms with E-state index in [2.05, 4.69) is 25.5 Å². The van der Waals surface area contributed by atoms with Gasteiger partial charge in [-0.25, -0.2) is 8.78 Å². The van der Waals surface area contributed by atoms with Gasteiger partial charge in [0.25, 0.3) is 12.3 Å². The number of aryl methyl sites for hydroxylation is 2. The van der Waals surface area contributed by atoms with Gasteiger partial charge in [0, 0.05) is 20.1 Å². The number of aromatic nitrogens is 4. The highest BCUT2D eigenvalue weighted by molar-refractivity contribution is 5.92. The SMILES string of the molecule is Cc1noc(CN2CCCC(CNC(=O)c3cc(C(F)F)nn3C)C2)n1. The second-order valence-corrected chi connectivity index (χ2v) is 6.57. The van der Waals surface area contributed by atoms with E-state index in [-0.39, 0.29) is 11.6 Å². The lowest BCUT2D eigenvalue weighted by Crippen LogP contribution is -2.40. The van der Waals surface area contributed by atoms with Crippen molar-refractivity contribution in [2.75, 3.05) is 19.6 Å². The molecule has 0 radical (unpaired) electrons. The first kappa shape index (κ1) is 18.4. The van der Waals surface area contributed by atoms with Gasteiger partial charge in [0.15, 0.2) is 5.82 Å². The van der Waals surface area contributed by atoms with Crippen LogP contribution in [0.25, 0.3) is 0 Å². The number of halogens is 2. The van der Waals surface area contributed by atoms with Gasteiger partial charge in [-0.2, -0.15) is 10.1 Å². The van der Waals surface area contributed by atoms with Crippen LogP contribution < -0.4 is 5.32 Å². The molecule has 0 aromatic carbocycles. The van der Waals surface area contributed by atoms with E-state index >= 15 is 0 Å². The van der Waals surface area contributed by atoms with Gasteiger partial charge in [0.1, 0.15) is 11.4 Å². The molecular formula is C16H22F2N6O2. The van der Waals surface area contributed by atoms with Gasteiger partial charge in [-0.05, 0) is 38.3 Å². The molecule has 1 fully saturated rings. The average Bonchev–Trinajstić information content (AvgIpc) is 3.19. The molecule has 10 heteroatoms. The zero-order valence-electron chi connectivity index (χ0n) is 14.8. The minimum atomic E-state index is -2.69. The lowest BCUT2D eigenvalue weighted by atomic mass is 9.98. The van der Waals surface area contributed by atoms with Crippen molar-refractivity contribution in [1.82, 2.24) is 30.1 Å². The third-order valence-electron chi connectivity index (χ3n) is 4.44. The Balaban J connectivity index is 1.51. The van der Waals surface area contributed by atoms with E-state index < -0.39 is 18.0 Å². The summed E-state index contributed by atoms with van der Waals surface area (Å²) >= 11 is 0. The summed E-state index contributed by atoms with van der Waals surface area (Å²) in [7, 11) is 1.48. The molecule has 142 valence electrons. The van der Waals surface area contributed by atoms with E-state index in [4.69, 9.17) is 4.52 Å². The number of likely N-dealkylation sites (tertiary alicyclic amines) is 1. The Morgan fingerprint density at radius 1 is 1.50 bits per heavy atom. The van der Waals surface area contributed by atoms with Crippen LogP contribution in [-0.4, -0.2) is 50.4 Å². The van der Waals surface area contributed by atoms with Gasteiger partial charge in [0.2, 0.25) is 5.89 Å². The highest BCUT2D eigenvalue weighted by Crippen LogP contribution is 2.19. The maximum Gasteiger partial charge on any atom is 0.282 e. The summed E-state index contributed by atoms with van der Waals surface area (Å²) in [6.07, 6.45) is -0.689. The molecule has 1 aliphatic heterocycles. The van der Waals surface area contributed by atoms with Gasteiger partial charge < -0.3 is 9.84 Å². The number of hydrogen-bond donors (Lipinski definition) is 1. The Morgan fingerprint density at radius 3 is 2.96 bits per heavy atom. The summed E-state index contributed by atoms with van der Waals surface area (Å²) in [4.78, 5) is 18.7. The van der Waals surface area contributed by atoms with E-state index in [1.807, 2.05) is 0 Å². The Kier molecular flexibility index (Phi) is 5.60. The highest BCUT2D eigenvalue weighted by Gasteiger charge is 2.23. The van der Waals surface area contributed by atoms with Crippen LogP contribution in [0.3, 0.4) is 0 Å². The van der Waals surface area contributed by atoms with Gasteiger partial charge in [-0.15, -0.1) is 0 Å². The predicted molar refractivity (Wildman–Crippen MR) is 87.5 cm³/mol. The molecule has 3 heterocycles. The third-order valence-corrected chi connectivity index (χ3v) is 4.44. The van der Waals surface area contributed by atoms with Crippen LogP contribution in [0.15, 0.2) is 10.6 Å². The van der Waals surface area contributed by atoms with E-state index in [0.717, 1.165) is 32.0 Å². The fourth-order valence-electron chi connectivity index (χ4n) is 3.19. The van der Waals surface area contributed by atoms with Crippen LogP contribution in [-0.2, 0) is 13.6 Å². The summed E-state index contributed by atoms with van der Waals surface area (Å²) in [5.41, 5.74) is -0.259. The fraction of sp³-hybridized carbons (Fsp3) is 0.625. The Hall–Kier alpha value is -2.36. The van der Waals surface area contributed by atoms with Crippen LogP contribution in [0.2, 0.25) is 0 Å². The minimum absolute atomic E-state index is 0.134. The Bertz CT molecular complexity index is 760. The summed E-state index contributed by atoms with van der Waals surface area (Å²) in [5.74, 6) is 1.08. The number of carbonyl (C=O) groups excluding carboxylic acids is 1. The van der Waals surface area contributed by atoms with Crippen LogP contribution in [0.4, 0.5) is 8.78 Å². The smallest absolute Gasteiger partial charge is 0.282 e. The lowest BCUT2D eigenvalue weighted by Gasteiger charge is -2.31. The molecule has 1 amide bonds. The molecule has 26 heavy (non-hydrogen) atoms. The molecule has 1 aliphatic rings. The first-order valence-electron chi connectivity index (χ1n) is 8.54. The van der Waals surface area contributed by atoms with Crippen molar-refractivity contribution in [3.63, 3.8) is 0 Å². The number of alkyl halides is 2. The standard InChI is InChI=1S/C16H22F2N6O2/c1-10-20-14(26-22-10)9-24-5-3-4-11(8-24)7-19-16(25)13-6-12(15(17)18)21-23(13)2/h6,11,15H,3-5,7-9H2,1-2H3,(H,19,25). The quantitative estimate of drug-likeness (QED) is 0.835. The third kappa shape index (κ3) is 4.43. The number of rotatable bonds is 6. The van der Waals surface area contributed by atoms with Crippen molar-refractivity contribution in [2.24, 2.45) is 13.0 Å². The maximum atomic E-state index is 12.7. The minimum Gasteiger partial charge on any atom is -0.350 e. The van der Waals surface area contributed by atoms with Crippen LogP contribution in [0, 0.1) is 12.8 Å². The van der Waals surface area contributed by atoms with Gasteiger partial charge in [-0.1, -0.05) is 5.16 Å². The highest BCUT2D eigenvalue weighted by atomic mass is 19.3. The molecule has 0 bridgehead atoms. The number of amides is 1. The summed E-state index contributed by atoms with van der Waals surface area (Å²) < 4.78 is 31.7. The van der Waals surface area contributed by atoms with Crippen molar-refractivity contribution in [3.05, 3.63) is 29.2 Å². The van der Waals surface area contributed by atoms with E-state index in [1.54, 1.807) is 6.92 Å². The number of hydrogen-bond acceptors (Lipinski definition) is 6. The molecule has 0 saturated carbocycles. The lowest BCUT2D eigenvalue weighted by molar-refractivity contribution is 0.0917. The molecule has 1 atom stereocenters. The largest absolute Gasteiger partial charge is 0.350 e. The zero-order valence-corrected chi connectivity index (χ0v) is 14.8. The average molecular weight is 368 g/mol. The Labute approximate surface area is 149 Å². The molecule has 0 spiro atoms. The van der Waals surface area contributed by atoms with Crippen molar-refractivity contribution < 1.29 is 18.1 Å². The number of piperidine rings is 1. The second-order valence-electron chi connectivity index (χ2n) is 6.57. The van der Waals surface area contributed by atoms with Crippen molar-refractivity contribution in [2.45, 2.75) is 32.7 Å². The second kappa shape index (κ2) is 7.90. The first-order valence-corrected chi connectivity index (χ1v) is 8.54. The first-order chi connectivity index (χ1) is 12.4. The topological polar surface area (TPSA) is 89.1 Å². The van der Waals surface area contributed by atoms with Crippen LogP contribution >= 0.6 is 0 Å². The van der Waals surface area contributed by atoms with Gasteiger partial charge in [-0.3, -0.25) is 14.4 Å². The normalized spacial score (nSPS) is 18.4. The fourth-order valence-corrected chi connectivity index (χ4v) is 3.19. The van der Waals surface area contributed by atoms with Gasteiger partial charge >= 0.3 is 0 Å². The molecular weight excluding hydrogens is 346 g/mol. The van der Waals surface area contributed by atoms with E-state index in [0.29, 0.717) is 24.8 Å². The molecule has 1 N–H and O–H groups in total. The van der Waals surface area contributed by atoms with Crippen LogP contribution in [0.1, 0.15) is 47.2 Å². The van der Waals surface area contributed by atoms with Crippen molar-refractivity contribution >= 4 is 5.91 Å². The number of carbonyl (C=O) groups is 1. The van der Waals surface area contributed by atoms with E-state index in [9.17, 15) is 13.6 Å².